The van der Waals surface area contributed by atoms with Crippen molar-refractivity contribution in [1.29, 1.82) is 0 Å². The molecule has 1 aliphatic heterocycles. The summed E-state index contributed by atoms with van der Waals surface area (Å²) in [4.78, 5) is 14.2. The maximum absolute atomic E-state index is 12.7. The number of thiocarbonyl (C=S) groups is 1. The molecule has 2 aromatic carbocycles. The van der Waals surface area contributed by atoms with Gasteiger partial charge in [-0.3, -0.25) is 9.69 Å². The Bertz CT molecular complexity index is 877. The second-order valence-electron chi connectivity index (χ2n) is 5.63. The van der Waals surface area contributed by atoms with Crippen LogP contribution in [0.25, 0.3) is 6.08 Å². The van der Waals surface area contributed by atoms with Gasteiger partial charge in [0, 0.05) is 0 Å². The van der Waals surface area contributed by atoms with Crippen LogP contribution in [0.15, 0.2) is 48.2 Å². The summed E-state index contributed by atoms with van der Waals surface area (Å²) in [7, 11) is 0. The number of carbonyl (C=O) groups excluding carboxylic acids is 1. The van der Waals surface area contributed by atoms with Crippen LogP contribution < -0.4 is 15.0 Å². The van der Waals surface area contributed by atoms with E-state index in [-0.39, 0.29) is 11.7 Å². The molecule has 1 fully saturated rings. The number of aromatic hydroxyl groups is 1. The summed E-state index contributed by atoms with van der Waals surface area (Å²) in [5.41, 5.74) is 2.88. The quantitative estimate of drug-likeness (QED) is 0.651. The number of amides is 1. The van der Waals surface area contributed by atoms with Crippen LogP contribution in [-0.2, 0) is 4.79 Å². The smallest absolute Gasteiger partial charge is 0.281 e. The summed E-state index contributed by atoms with van der Waals surface area (Å²) in [6.07, 6.45) is 1.69. The minimum Gasteiger partial charge on any atom is -0.504 e. The highest BCUT2D eigenvalue weighted by Gasteiger charge is 2.31. The van der Waals surface area contributed by atoms with Gasteiger partial charge in [-0.2, -0.15) is 0 Å². The van der Waals surface area contributed by atoms with Gasteiger partial charge in [0.2, 0.25) is 0 Å². The molecular formula is C19H18N2O3S. The van der Waals surface area contributed by atoms with Gasteiger partial charge in [0.1, 0.15) is 5.70 Å². The van der Waals surface area contributed by atoms with Gasteiger partial charge < -0.3 is 15.2 Å². The molecule has 2 N–H and O–H groups in total. The van der Waals surface area contributed by atoms with Crippen molar-refractivity contribution in [3.05, 3.63) is 59.3 Å². The number of benzene rings is 2. The first-order chi connectivity index (χ1) is 12.0. The molecule has 1 amide bonds. The Kier molecular flexibility index (Phi) is 4.72. The standard InChI is InChI=1S/C19H18N2O3S/c1-3-24-17-11-13(7-8-16(17)22)10-15-18(23)21(19(25)20-15)14-6-4-5-12(2)9-14/h4-11,22H,3H2,1-2H3,(H,20,25). The van der Waals surface area contributed by atoms with E-state index in [4.69, 9.17) is 17.0 Å². The van der Waals surface area contributed by atoms with Crippen molar-refractivity contribution in [3.63, 3.8) is 0 Å². The van der Waals surface area contributed by atoms with Crippen LogP contribution in [0.5, 0.6) is 11.5 Å². The topological polar surface area (TPSA) is 61.8 Å². The lowest BCUT2D eigenvalue weighted by Crippen LogP contribution is -2.30. The third kappa shape index (κ3) is 3.49. The molecule has 1 aliphatic rings. The predicted octanol–water partition coefficient (Wildman–Crippen LogP) is 3.36. The van der Waals surface area contributed by atoms with Crippen LogP contribution in [0.1, 0.15) is 18.1 Å². The molecule has 0 spiro atoms. The van der Waals surface area contributed by atoms with Crippen LogP contribution in [-0.4, -0.2) is 22.7 Å². The minimum absolute atomic E-state index is 0.0617. The van der Waals surface area contributed by atoms with Crippen LogP contribution >= 0.6 is 12.2 Å². The number of hydrogen-bond donors (Lipinski definition) is 2. The predicted molar refractivity (Wildman–Crippen MR) is 102 cm³/mol. The Morgan fingerprint density at radius 2 is 2.08 bits per heavy atom. The second-order valence-corrected chi connectivity index (χ2v) is 6.01. The minimum atomic E-state index is -0.221. The van der Waals surface area contributed by atoms with E-state index >= 15 is 0 Å². The van der Waals surface area contributed by atoms with Gasteiger partial charge >= 0.3 is 0 Å². The van der Waals surface area contributed by atoms with E-state index in [9.17, 15) is 9.90 Å². The Morgan fingerprint density at radius 1 is 1.28 bits per heavy atom. The zero-order chi connectivity index (χ0) is 18.0. The van der Waals surface area contributed by atoms with Gasteiger partial charge in [-0.15, -0.1) is 0 Å². The van der Waals surface area contributed by atoms with E-state index in [0.29, 0.717) is 23.2 Å². The monoisotopic (exact) mass is 354 g/mol. The Morgan fingerprint density at radius 3 is 2.80 bits per heavy atom. The van der Waals surface area contributed by atoms with E-state index in [1.165, 1.54) is 11.0 Å². The van der Waals surface area contributed by atoms with E-state index in [0.717, 1.165) is 16.8 Å². The summed E-state index contributed by atoms with van der Waals surface area (Å²) in [6, 6.07) is 12.5. The second kappa shape index (κ2) is 6.94. The molecule has 0 atom stereocenters. The number of nitrogens with one attached hydrogen (secondary N) is 1. The van der Waals surface area contributed by atoms with Crippen molar-refractivity contribution < 1.29 is 14.6 Å². The van der Waals surface area contributed by atoms with E-state index in [1.54, 1.807) is 18.2 Å². The van der Waals surface area contributed by atoms with Crippen molar-refractivity contribution >= 4 is 35.0 Å². The average molecular weight is 354 g/mol. The summed E-state index contributed by atoms with van der Waals surface area (Å²) in [6.45, 7) is 4.24. The summed E-state index contributed by atoms with van der Waals surface area (Å²) in [5, 5.41) is 13.1. The first kappa shape index (κ1) is 17.0. The number of anilines is 1. The fraction of sp³-hybridized carbons (Fsp3) is 0.158. The summed E-state index contributed by atoms with van der Waals surface area (Å²) < 4.78 is 5.37. The molecule has 25 heavy (non-hydrogen) atoms. The van der Waals surface area contributed by atoms with Crippen LogP contribution in [0.4, 0.5) is 5.69 Å². The maximum Gasteiger partial charge on any atom is 0.281 e. The average Bonchev–Trinajstić information content (AvgIpc) is 2.85. The molecule has 3 rings (SSSR count). The largest absolute Gasteiger partial charge is 0.504 e. The van der Waals surface area contributed by atoms with Crippen molar-refractivity contribution in [3.8, 4) is 11.5 Å². The third-order valence-electron chi connectivity index (χ3n) is 3.73. The highest BCUT2D eigenvalue weighted by atomic mass is 32.1. The molecule has 1 heterocycles. The van der Waals surface area contributed by atoms with Crippen molar-refractivity contribution in [2.75, 3.05) is 11.5 Å². The molecule has 128 valence electrons. The number of nitrogens with zero attached hydrogens (tertiary/aromatic N) is 1. The molecule has 2 aromatic rings. The van der Waals surface area contributed by atoms with Crippen LogP contribution in [0.3, 0.4) is 0 Å². The van der Waals surface area contributed by atoms with Crippen molar-refractivity contribution in [2.24, 2.45) is 0 Å². The molecule has 0 aromatic heterocycles. The number of rotatable bonds is 4. The van der Waals surface area contributed by atoms with Crippen molar-refractivity contribution in [2.45, 2.75) is 13.8 Å². The Hall–Kier alpha value is -2.86. The number of ether oxygens (including phenoxy) is 1. The van der Waals surface area contributed by atoms with E-state index < -0.39 is 0 Å². The van der Waals surface area contributed by atoms with Crippen LogP contribution in [0.2, 0.25) is 0 Å². The highest BCUT2D eigenvalue weighted by Crippen LogP contribution is 2.29. The lowest BCUT2D eigenvalue weighted by molar-refractivity contribution is -0.113. The molecule has 5 nitrogen and oxygen atoms in total. The third-order valence-corrected chi connectivity index (χ3v) is 4.02. The number of phenolic OH excluding ortho intramolecular Hbond substituents is 1. The Labute approximate surface area is 151 Å². The highest BCUT2D eigenvalue weighted by molar-refractivity contribution is 7.80. The number of carbonyl (C=O) groups is 1. The molecule has 0 unspecified atom stereocenters. The number of aryl methyl sites for hydroxylation is 1. The first-order valence-corrected chi connectivity index (χ1v) is 8.30. The molecule has 0 aliphatic carbocycles. The zero-order valence-electron chi connectivity index (χ0n) is 13.9. The lowest BCUT2D eigenvalue weighted by Gasteiger charge is -2.14. The van der Waals surface area contributed by atoms with Gasteiger partial charge in [-0.05, 0) is 67.5 Å². The SMILES string of the molecule is CCOc1cc(C=C2NC(=S)N(c3cccc(C)c3)C2=O)ccc1O. The first-order valence-electron chi connectivity index (χ1n) is 7.89. The maximum atomic E-state index is 12.7. The normalized spacial score (nSPS) is 15.6. The van der Waals surface area contributed by atoms with Gasteiger partial charge in [-0.1, -0.05) is 18.2 Å². The molecule has 1 saturated heterocycles. The molecule has 0 bridgehead atoms. The fourth-order valence-corrected chi connectivity index (χ4v) is 2.89. The van der Waals surface area contributed by atoms with Crippen molar-refractivity contribution in [1.82, 2.24) is 5.32 Å². The molecular weight excluding hydrogens is 336 g/mol. The van der Waals surface area contributed by atoms with Gasteiger partial charge in [-0.25, -0.2) is 0 Å². The zero-order valence-corrected chi connectivity index (χ0v) is 14.8. The van der Waals surface area contributed by atoms with Crippen LogP contribution in [0, 0.1) is 6.92 Å². The Balaban J connectivity index is 1.92. The summed E-state index contributed by atoms with van der Waals surface area (Å²) in [5.74, 6) is 0.216. The van der Waals surface area contributed by atoms with E-state index in [2.05, 4.69) is 5.32 Å². The summed E-state index contributed by atoms with van der Waals surface area (Å²) >= 11 is 5.31. The number of hydrogen-bond acceptors (Lipinski definition) is 4. The van der Waals surface area contributed by atoms with Gasteiger partial charge in [0.25, 0.3) is 5.91 Å². The number of phenols is 1. The fourth-order valence-electron chi connectivity index (χ4n) is 2.59. The lowest BCUT2D eigenvalue weighted by atomic mass is 10.1. The molecule has 6 heteroatoms. The molecule has 0 saturated carbocycles. The van der Waals surface area contributed by atoms with Gasteiger partial charge in [0.15, 0.2) is 16.6 Å². The molecule has 0 radical (unpaired) electrons. The van der Waals surface area contributed by atoms with Gasteiger partial charge in [0.05, 0.1) is 12.3 Å². The van der Waals surface area contributed by atoms with E-state index in [1.807, 2.05) is 38.1 Å².